The van der Waals surface area contributed by atoms with E-state index in [1.165, 1.54) is 12.8 Å². The zero-order valence-corrected chi connectivity index (χ0v) is 15.7. The minimum atomic E-state index is 0.269. The molecule has 2 fully saturated rings. The number of aromatic nitrogens is 2. The number of rotatable bonds is 4. The van der Waals surface area contributed by atoms with E-state index >= 15 is 0 Å². The van der Waals surface area contributed by atoms with Crippen molar-refractivity contribution in [3.8, 4) is 0 Å². The molecular weight excluding hydrogens is 314 g/mol. The summed E-state index contributed by atoms with van der Waals surface area (Å²) in [6, 6.07) is 2.35. The number of carbonyl (C=O) groups is 1. The summed E-state index contributed by atoms with van der Waals surface area (Å²) in [4.78, 5) is 25.3. The molecule has 1 saturated heterocycles. The number of hydrogen-bond donors (Lipinski definition) is 1. The maximum Gasteiger partial charge on any atom is 0.225 e. The van der Waals surface area contributed by atoms with E-state index in [1.54, 1.807) is 6.33 Å². The second-order valence-corrected chi connectivity index (χ2v) is 7.86. The van der Waals surface area contributed by atoms with Crippen molar-refractivity contribution in [2.24, 2.45) is 11.8 Å². The fourth-order valence-corrected chi connectivity index (χ4v) is 3.89. The third kappa shape index (κ3) is 4.61. The van der Waals surface area contributed by atoms with Crippen molar-refractivity contribution < 1.29 is 4.79 Å². The average Bonchev–Trinajstić information content (AvgIpc) is 2.63. The van der Waals surface area contributed by atoms with E-state index in [1.807, 2.05) is 25.1 Å². The summed E-state index contributed by atoms with van der Waals surface area (Å²) in [5.41, 5.74) is 0. The Kier molecular flexibility index (Phi) is 5.76. The van der Waals surface area contributed by atoms with Crippen LogP contribution in [0.4, 0.5) is 11.6 Å². The highest BCUT2D eigenvalue weighted by Crippen LogP contribution is 2.30. The van der Waals surface area contributed by atoms with Crippen LogP contribution in [0.1, 0.15) is 45.4 Å². The van der Waals surface area contributed by atoms with Gasteiger partial charge in [-0.25, -0.2) is 9.97 Å². The van der Waals surface area contributed by atoms with Gasteiger partial charge in [0.05, 0.1) is 0 Å². The summed E-state index contributed by atoms with van der Waals surface area (Å²) in [6.07, 6.45) is 8.12. The molecule has 1 N–H and O–H groups in total. The maximum atomic E-state index is 12.7. The predicted octanol–water partition coefficient (Wildman–Crippen LogP) is 2.77. The lowest BCUT2D eigenvalue weighted by atomic mass is 9.82. The Balaban J connectivity index is 1.48. The largest absolute Gasteiger partial charge is 0.367 e. The average molecular weight is 345 g/mol. The first-order valence-electron chi connectivity index (χ1n) is 9.57. The summed E-state index contributed by atoms with van der Waals surface area (Å²) in [5.74, 6) is 3.22. The lowest BCUT2D eigenvalue weighted by molar-refractivity contribution is -0.137. The Labute approximate surface area is 151 Å². The van der Waals surface area contributed by atoms with Crippen molar-refractivity contribution in [1.29, 1.82) is 0 Å². The van der Waals surface area contributed by atoms with Gasteiger partial charge in [0.1, 0.15) is 18.0 Å². The fraction of sp³-hybridized carbons (Fsp3) is 0.737. The Morgan fingerprint density at radius 2 is 1.80 bits per heavy atom. The molecule has 1 aromatic heterocycles. The molecule has 6 heteroatoms. The summed E-state index contributed by atoms with van der Waals surface area (Å²) in [7, 11) is 3.95. The van der Waals surface area contributed by atoms with Crippen molar-refractivity contribution in [2.45, 2.75) is 51.5 Å². The van der Waals surface area contributed by atoms with Crippen LogP contribution in [-0.2, 0) is 4.79 Å². The zero-order valence-electron chi connectivity index (χ0n) is 15.7. The van der Waals surface area contributed by atoms with E-state index in [9.17, 15) is 4.79 Å². The van der Waals surface area contributed by atoms with Gasteiger partial charge >= 0.3 is 0 Å². The Hall–Kier alpha value is -1.85. The van der Waals surface area contributed by atoms with Crippen LogP contribution in [0.5, 0.6) is 0 Å². The van der Waals surface area contributed by atoms with Crippen LogP contribution in [0.2, 0.25) is 0 Å². The molecule has 1 saturated carbocycles. The van der Waals surface area contributed by atoms with E-state index in [0.29, 0.717) is 11.9 Å². The molecule has 1 amide bonds. The van der Waals surface area contributed by atoms with Gasteiger partial charge in [0.15, 0.2) is 0 Å². The topological polar surface area (TPSA) is 61.4 Å². The number of piperidine rings is 1. The van der Waals surface area contributed by atoms with E-state index in [2.05, 4.69) is 27.1 Å². The van der Waals surface area contributed by atoms with Crippen molar-refractivity contribution in [3.05, 3.63) is 12.4 Å². The molecule has 2 aliphatic rings. The molecule has 6 nitrogen and oxygen atoms in total. The second-order valence-electron chi connectivity index (χ2n) is 7.86. The summed E-state index contributed by atoms with van der Waals surface area (Å²) >= 11 is 0. The molecule has 138 valence electrons. The smallest absolute Gasteiger partial charge is 0.225 e. The normalized spacial score (nSPS) is 24.8. The molecule has 0 radical (unpaired) electrons. The fourth-order valence-electron chi connectivity index (χ4n) is 3.89. The van der Waals surface area contributed by atoms with Gasteiger partial charge in [0, 0.05) is 45.2 Å². The van der Waals surface area contributed by atoms with Gasteiger partial charge < -0.3 is 15.1 Å². The van der Waals surface area contributed by atoms with Crippen LogP contribution in [0, 0.1) is 11.8 Å². The standard InChI is InChI=1S/C19H31N5O/c1-14-4-6-15(7-5-14)19(25)24-10-8-16(9-11-24)22-17-12-18(23(2)3)21-13-20-17/h12-16H,4-11H2,1-3H3,(H,20,21,22). The molecule has 25 heavy (non-hydrogen) atoms. The summed E-state index contributed by atoms with van der Waals surface area (Å²) < 4.78 is 0. The number of carbonyl (C=O) groups excluding carboxylic acids is 1. The highest BCUT2D eigenvalue weighted by atomic mass is 16.2. The van der Waals surface area contributed by atoms with Gasteiger partial charge in [-0.1, -0.05) is 6.92 Å². The zero-order chi connectivity index (χ0) is 17.8. The van der Waals surface area contributed by atoms with Gasteiger partial charge in [-0.15, -0.1) is 0 Å². The van der Waals surface area contributed by atoms with Gasteiger partial charge in [-0.3, -0.25) is 4.79 Å². The lowest BCUT2D eigenvalue weighted by Gasteiger charge is -2.36. The lowest BCUT2D eigenvalue weighted by Crippen LogP contribution is -2.45. The molecule has 1 aliphatic carbocycles. The molecule has 2 heterocycles. The van der Waals surface area contributed by atoms with Crippen molar-refractivity contribution >= 4 is 17.5 Å². The third-order valence-corrected chi connectivity index (χ3v) is 5.63. The molecule has 0 atom stereocenters. The minimum absolute atomic E-state index is 0.269. The van der Waals surface area contributed by atoms with E-state index in [4.69, 9.17) is 0 Å². The van der Waals surface area contributed by atoms with Gasteiger partial charge in [0.25, 0.3) is 0 Å². The molecule has 0 unspecified atom stereocenters. The first-order chi connectivity index (χ1) is 12.0. The first kappa shape index (κ1) is 18.0. The monoisotopic (exact) mass is 345 g/mol. The van der Waals surface area contributed by atoms with Crippen molar-refractivity contribution in [1.82, 2.24) is 14.9 Å². The second kappa shape index (κ2) is 8.02. The molecular formula is C19H31N5O. The van der Waals surface area contributed by atoms with Gasteiger partial charge in [0.2, 0.25) is 5.91 Å². The third-order valence-electron chi connectivity index (χ3n) is 5.63. The Morgan fingerprint density at radius 3 is 2.44 bits per heavy atom. The summed E-state index contributed by atoms with van der Waals surface area (Å²) in [5, 5.41) is 3.51. The van der Waals surface area contributed by atoms with Crippen LogP contribution in [-0.4, -0.2) is 54.0 Å². The van der Waals surface area contributed by atoms with Crippen LogP contribution in [0.3, 0.4) is 0 Å². The van der Waals surface area contributed by atoms with Crippen LogP contribution in [0.25, 0.3) is 0 Å². The van der Waals surface area contributed by atoms with Crippen molar-refractivity contribution in [2.75, 3.05) is 37.4 Å². The number of anilines is 2. The molecule has 0 bridgehead atoms. The first-order valence-corrected chi connectivity index (χ1v) is 9.57. The predicted molar refractivity (Wildman–Crippen MR) is 101 cm³/mol. The van der Waals surface area contributed by atoms with Gasteiger partial charge in [-0.2, -0.15) is 0 Å². The number of hydrogen-bond acceptors (Lipinski definition) is 5. The highest BCUT2D eigenvalue weighted by Gasteiger charge is 2.30. The highest BCUT2D eigenvalue weighted by molar-refractivity contribution is 5.79. The number of nitrogens with zero attached hydrogens (tertiary/aromatic N) is 4. The van der Waals surface area contributed by atoms with Crippen molar-refractivity contribution in [3.63, 3.8) is 0 Å². The molecule has 0 spiro atoms. The quantitative estimate of drug-likeness (QED) is 0.909. The number of likely N-dealkylation sites (tertiary alicyclic amines) is 1. The molecule has 1 aliphatic heterocycles. The summed E-state index contributed by atoms with van der Waals surface area (Å²) in [6.45, 7) is 4.01. The van der Waals surface area contributed by atoms with E-state index < -0.39 is 0 Å². The minimum Gasteiger partial charge on any atom is -0.367 e. The van der Waals surface area contributed by atoms with E-state index in [-0.39, 0.29) is 5.92 Å². The van der Waals surface area contributed by atoms with Crippen LogP contribution in [0.15, 0.2) is 12.4 Å². The Bertz CT molecular complexity index is 575. The van der Waals surface area contributed by atoms with Crippen LogP contribution >= 0.6 is 0 Å². The molecule has 0 aromatic carbocycles. The van der Waals surface area contributed by atoms with Crippen LogP contribution < -0.4 is 10.2 Å². The number of amides is 1. The SMILES string of the molecule is CC1CCC(C(=O)N2CCC(Nc3cc(N(C)C)ncn3)CC2)CC1. The maximum absolute atomic E-state index is 12.7. The molecule has 3 rings (SSSR count). The number of nitrogens with one attached hydrogen (secondary N) is 1. The van der Waals surface area contributed by atoms with E-state index in [0.717, 1.165) is 56.3 Å². The molecule has 1 aromatic rings. The van der Waals surface area contributed by atoms with Gasteiger partial charge in [-0.05, 0) is 44.4 Å². The Morgan fingerprint density at radius 1 is 1.12 bits per heavy atom.